The van der Waals surface area contributed by atoms with Crippen LogP contribution in [0.5, 0.6) is 5.75 Å². The standard InChI is InChI=1S/C17H26FNO/c1-13(2)12-19-9-5-6-14(3)10-15-7-8-17(20-4)16(18)11-15/h6-8,11,13,19H,5,9-10,12H2,1-4H3. The van der Waals surface area contributed by atoms with Crippen LogP contribution >= 0.6 is 0 Å². The summed E-state index contributed by atoms with van der Waals surface area (Å²) in [5.74, 6) is 0.687. The van der Waals surface area contributed by atoms with Crippen LogP contribution in [-0.2, 0) is 6.42 Å². The number of allylic oxidation sites excluding steroid dienone is 1. The molecule has 1 aromatic carbocycles. The van der Waals surface area contributed by atoms with Crippen LogP contribution < -0.4 is 10.1 Å². The van der Waals surface area contributed by atoms with Crippen LogP contribution in [0.15, 0.2) is 29.8 Å². The Bertz CT molecular complexity index is 441. The van der Waals surface area contributed by atoms with Crippen molar-refractivity contribution in [3.63, 3.8) is 0 Å². The van der Waals surface area contributed by atoms with Gasteiger partial charge >= 0.3 is 0 Å². The Hall–Kier alpha value is -1.35. The Kier molecular flexibility index (Phi) is 7.31. The van der Waals surface area contributed by atoms with E-state index in [9.17, 15) is 4.39 Å². The van der Waals surface area contributed by atoms with Crippen molar-refractivity contribution in [3.8, 4) is 5.75 Å². The first-order chi connectivity index (χ1) is 9.52. The molecule has 0 atom stereocenters. The van der Waals surface area contributed by atoms with Gasteiger partial charge in [-0.05, 0) is 56.5 Å². The number of ether oxygens (including phenoxy) is 1. The molecule has 3 heteroatoms. The van der Waals surface area contributed by atoms with Crippen molar-refractivity contribution < 1.29 is 9.13 Å². The summed E-state index contributed by atoms with van der Waals surface area (Å²) in [6.07, 6.45) is 4.01. The molecule has 0 aromatic heterocycles. The van der Waals surface area contributed by atoms with Crippen LogP contribution in [0.25, 0.3) is 0 Å². The summed E-state index contributed by atoms with van der Waals surface area (Å²) in [6.45, 7) is 8.53. The van der Waals surface area contributed by atoms with Crippen molar-refractivity contribution in [2.24, 2.45) is 5.92 Å². The number of nitrogens with one attached hydrogen (secondary N) is 1. The highest BCUT2D eigenvalue weighted by molar-refractivity contribution is 5.31. The molecular formula is C17H26FNO. The molecule has 0 spiro atoms. The van der Waals surface area contributed by atoms with E-state index in [1.165, 1.54) is 12.7 Å². The van der Waals surface area contributed by atoms with Crippen LogP contribution in [0, 0.1) is 11.7 Å². The molecule has 112 valence electrons. The summed E-state index contributed by atoms with van der Waals surface area (Å²) in [5, 5.41) is 3.41. The van der Waals surface area contributed by atoms with E-state index in [2.05, 4.69) is 32.2 Å². The highest BCUT2D eigenvalue weighted by Gasteiger charge is 2.03. The largest absolute Gasteiger partial charge is 0.494 e. The molecule has 0 aliphatic rings. The quantitative estimate of drug-likeness (QED) is 0.574. The SMILES string of the molecule is COc1ccc(CC(C)=CCCNCC(C)C)cc1F. The predicted molar refractivity (Wildman–Crippen MR) is 82.7 cm³/mol. The Morgan fingerprint density at radius 1 is 1.40 bits per heavy atom. The second kappa shape index (κ2) is 8.75. The molecule has 2 nitrogen and oxygen atoms in total. The fourth-order valence-electron chi connectivity index (χ4n) is 2.03. The van der Waals surface area contributed by atoms with E-state index < -0.39 is 0 Å². The molecule has 20 heavy (non-hydrogen) atoms. The molecule has 0 saturated heterocycles. The van der Waals surface area contributed by atoms with Gasteiger partial charge in [-0.3, -0.25) is 0 Å². The Balaban J connectivity index is 2.41. The molecule has 0 bridgehead atoms. The summed E-state index contributed by atoms with van der Waals surface area (Å²) in [4.78, 5) is 0. The molecular weight excluding hydrogens is 253 g/mol. The number of methoxy groups -OCH3 is 1. The molecule has 1 N–H and O–H groups in total. The average molecular weight is 279 g/mol. The molecule has 1 rings (SSSR count). The summed E-state index contributed by atoms with van der Waals surface area (Å²) < 4.78 is 18.5. The topological polar surface area (TPSA) is 21.3 Å². The molecule has 0 fully saturated rings. The lowest BCUT2D eigenvalue weighted by Gasteiger charge is -2.07. The van der Waals surface area contributed by atoms with E-state index in [1.54, 1.807) is 12.1 Å². The fraction of sp³-hybridized carbons (Fsp3) is 0.529. The van der Waals surface area contributed by atoms with Gasteiger partial charge in [0.25, 0.3) is 0 Å². The minimum absolute atomic E-state index is 0.295. The van der Waals surface area contributed by atoms with Crippen molar-refractivity contribution in [3.05, 3.63) is 41.2 Å². The molecule has 0 saturated carbocycles. The van der Waals surface area contributed by atoms with Gasteiger partial charge in [0, 0.05) is 0 Å². The number of rotatable bonds is 8. The summed E-state index contributed by atoms with van der Waals surface area (Å²) in [5.41, 5.74) is 2.24. The van der Waals surface area contributed by atoms with Gasteiger partial charge in [0.15, 0.2) is 11.6 Å². The summed E-state index contributed by atoms with van der Waals surface area (Å²) in [6, 6.07) is 5.14. The van der Waals surface area contributed by atoms with Crippen molar-refractivity contribution >= 4 is 0 Å². The van der Waals surface area contributed by atoms with E-state index in [0.29, 0.717) is 11.7 Å². The van der Waals surface area contributed by atoms with Gasteiger partial charge in [-0.1, -0.05) is 31.6 Å². The van der Waals surface area contributed by atoms with Crippen molar-refractivity contribution in [2.45, 2.75) is 33.6 Å². The maximum atomic E-state index is 13.6. The van der Waals surface area contributed by atoms with Crippen LogP contribution in [0.2, 0.25) is 0 Å². The Morgan fingerprint density at radius 2 is 2.15 bits per heavy atom. The van der Waals surface area contributed by atoms with Crippen LogP contribution in [0.4, 0.5) is 4.39 Å². The number of hydrogen-bond donors (Lipinski definition) is 1. The molecule has 0 amide bonds. The van der Waals surface area contributed by atoms with Gasteiger partial charge in [-0.2, -0.15) is 0 Å². The third kappa shape index (κ3) is 6.20. The maximum Gasteiger partial charge on any atom is 0.165 e. The molecule has 0 radical (unpaired) electrons. The minimum Gasteiger partial charge on any atom is -0.494 e. The van der Waals surface area contributed by atoms with Crippen molar-refractivity contribution in [1.29, 1.82) is 0 Å². The zero-order valence-corrected chi connectivity index (χ0v) is 13.0. The predicted octanol–water partition coefficient (Wildman–Crippen LogP) is 3.96. The highest BCUT2D eigenvalue weighted by atomic mass is 19.1. The molecule has 0 unspecified atom stereocenters. The van der Waals surface area contributed by atoms with Gasteiger partial charge in [-0.15, -0.1) is 0 Å². The van der Waals surface area contributed by atoms with Crippen LogP contribution in [-0.4, -0.2) is 20.2 Å². The molecule has 0 heterocycles. The number of hydrogen-bond acceptors (Lipinski definition) is 2. The monoisotopic (exact) mass is 279 g/mol. The third-order valence-corrected chi connectivity index (χ3v) is 3.07. The fourth-order valence-corrected chi connectivity index (χ4v) is 2.03. The first kappa shape index (κ1) is 16.7. The van der Waals surface area contributed by atoms with Crippen LogP contribution in [0.1, 0.15) is 32.8 Å². The van der Waals surface area contributed by atoms with Gasteiger partial charge in [0.1, 0.15) is 0 Å². The second-order valence-corrected chi connectivity index (χ2v) is 5.58. The van der Waals surface area contributed by atoms with E-state index >= 15 is 0 Å². The first-order valence-corrected chi connectivity index (χ1v) is 7.21. The van der Waals surface area contributed by atoms with Gasteiger partial charge < -0.3 is 10.1 Å². The van der Waals surface area contributed by atoms with Crippen LogP contribution in [0.3, 0.4) is 0 Å². The Labute approximate surface area is 122 Å². The first-order valence-electron chi connectivity index (χ1n) is 7.21. The maximum absolute atomic E-state index is 13.6. The summed E-state index contributed by atoms with van der Waals surface area (Å²) in [7, 11) is 1.48. The summed E-state index contributed by atoms with van der Waals surface area (Å²) >= 11 is 0. The third-order valence-electron chi connectivity index (χ3n) is 3.07. The smallest absolute Gasteiger partial charge is 0.165 e. The van der Waals surface area contributed by atoms with Crippen molar-refractivity contribution in [1.82, 2.24) is 5.32 Å². The van der Waals surface area contributed by atoms with E-state index in [0.717, 1.165) is 31.5 Å². The number of halogens is 1. The van der Waals surface area contributed by atoms with E-state index in [1.807, 2.05) is 6.07 Å². The molecule has 0 aliphatic carbocycles. The zero-order chi connectivity index (χ0) is 15.0. The average Bonchev–Trinajstić information content (AvgIpc) is 2.38. The minimum atomic E-state index is -0.295. The van der Waals surface area contributed by atoms with Gasteiger partial charge in [0.2, 0.25) is 0 Å². The van der Waals surface area contributed by atoms with E-state index in [4.69, 9.17) is 4.74 Å². The van der Waals surface area contributed by atoms with Gasteiger partial charge in [0.05, 0.1) is 7.11 Å². The highest BCUT2D eigenvalue weighted by Crippen LogP contribution is 2.19. The second-order valence-electron chi connectivity index (χ2n) is 5.58. The normalized spacial score (nSPS) is 12.0. The Morgan fingerprint density at radius 3 is 2.75 bits per heavy atom. The molecule has 1 aromatic rings. The van der Waals surface area contributed by atoms with Crippen molar-refractivity contribution in [2.75, 3.05) is 20.2 Å². The lowest BCUT2D eigenvalue weighted by Crippen LogP contribution is -2.20. The van der Waals surface area contributed by atoms with E-state index in [-0.39, 0.29) is 5.82 Å². The lowest BCUT2D eigenvalue weighted by molar-refractivity contribution is 0.386. The number of benzene rings is 1. The lowest BCUT2D eigenvalue weighted by atomic mass is 10.1. The zero-order valence-electron chi connectivity index (χ0n) is 13.0. The van der Waals surface area contributed by atoms with Gasteiger partial charge in [-0.25, -0.2) is 4.39 Å². The molecule has 0 aliphatic heterocycles.